The Morgan fingerprint density at radius 1 is 1.29 bits per heavy atom. The SMILES string of the molecule is CC(C)c1noc(CCCC(=O)NC(C)c2ccc(C#N)cc2)n1. The van der Waals surface area contributed by atoms with E-state index in [9.17, 15) is 4.79 Å². The minimum atomic E-state index is -0.0961. The van der Waals surface area contributed by atoms with Gasteiger partial charge in [0.25, 0.3) is 0 Å². The molecule has 1 heterocycles. The van der Waals surface area contributed by atoms with Crippen LogP contribution in [0.2, 0.25) is 0 Å². The van der Waals surface area contributed by atoms with Crippen molar-refractivity contribution in [1.29, 1.82) is 5.26 Å². The highest BCUT2D eigenvalue weighted by Gasteiger charge is 2.12. The van der Waals surface area contributed by atoms with Gasteiger partial charge in [-0.15, -0.1) is 0 Å². The molecule has 6 nitrogen and oxygen atoms in total. The Morgan fingerprint density at radius 2 is 2.00 bits per heavy atom. The van der Waals surface area contributed by atoms with Crippen LogP contribution in [0.15, 0.2) is 28.8 Å². The Hall–Kier alpha value is -2.68. The first kappa shape index (κ1) is 17.7. The van der Waals surface area contributed by atoms with Crippen LogP contribution in [-0.2, 0) is 11.2 Å². The van der Waals surface area contributed by atoms with E-state index in [1.165, 1.54) is 0 Å². The van der Waals surface area contributed by atoms with Crippen molar-refractivity contribution < 1.29 is 9.32 Å². The Kier molecular flexibility index (Phi) is 6.07. The molecule has 1 N–H and O–H groups in total. The molecule has 0 aliphatic heterocycles. The van der Waals surface area contributed by atoms with Gasteiger partial charge in [-0.05, 0) is 31.0 Å². The normalized spacial score (nSPS) is 12.0. The minimum Gasteiger partial charge on any atom is -0.350 e. The van der Waals surface area contributed by atoms with Crippen LogP contribution in [0.3, 0.4) is 0 Å². The zero-order chi connectivity index (χ0) is 17.5. The first-order chi connectivity index (χ1) is 11.5. The van der Waals surface area contributed by atoms with Crippen molar-refractivity contribution in [3.63, 3.8) is 0 Å². The van der Waals surface area contributed by atoms with Crippen LogP contribution in [0.25, 0.3) is 0 Å². The molecule has 6 heteroatoms. The minimum absolute atomic E-state index is 0.0181. The lowest BCUT2D eigenvalue weighted by molar-refractivity contribution is -0.121. The third-order valence-electron chi connectivity index (χ3n) is 3.71. The number of aromatic nitrogens is 2. The summed E-state index contributed by atoms with van der Waals surface area (Å²) in [4.78, 5) is 16.3. The summed E-state index contributed by atoms with van der Waals surface area (Å²) < 4.78 is 5.16. The van der Waals surface area contributed by atoms with Crippen LogP contribution in [-0.4, -0.2) is 16.0 Å². The van der Waals surface area contributed by atoms with Gasteiger partial charge in [-0.1, -0.05) is 31.1 Å². The number of carbonyl (C=O) groups is 1. The van der Waals surface area contributed by atoms with Crippen molar-refractivity contribution >= 4 is 5.91 Å². The fourth-order valence-corrected chi connectivity index (χ4v) is 2.25. The van der Waals surface area contributed by atoms with E-state index in [-0.39, 0.29) is 17.9 Å². The summed E-state index contributed by atoms with van der Waals surface area (Å²) in [6.07, 6.45) is 1.66. The van der Waals surface area contributed by atoms with Gasteiger partial charge < -0.3 is 9.84 Å². The number of aryl methyl sites for hydroxylation is 1. The smallest absolute Gasteiger partial charge is 0.226 e. The van der Waals surface area contributed by atoms with E-state index in [1.54, 1.807) is 12.1 Å². The highest BCUT2D eigenvalue weighted by Crippen LogP contribution is 2.14. The average Bonchev–Trinajstić information content (AvgIpc) is 3.04. The Morgan fingerprint density at radius 3 is 2.58 bits per heavy atom. The number of nitriles is 1. The Bertz CT molecular complexity index is 713. The van der Waals surface area contributed by atoms with Crippen molar-refractivity contribution in [3.8, 4) is 6.07 Å². The van der Waals surface area contributed by atoms with E-state index in [2.05, 4.69) is 21.5 Å². The molecule has 1 aromatic heterocycles. The summed E-state index contributed by atoms with van der Waals surface area (Å²) in [5, 5.41) is 15.7. The van der Waals surface area contributed by atoms with Gasteiger partial charge in [0.05, 0.1) is 17.7 Å². The fourth-order valence-electron chi connectivity index (χ4n) is 2.25. The van der Waals surface area contributed by atoms with E-state index in [0.29, 0.717) is 36.5 Å². The summed E-state index contributed by atoms with van der Waals surface area (Å²) in [7, 11) is 0. The van der Waals surface area contributed by atoms with Gasteiger partial charge in [0.1, 0.15) is 0 Å². The molecule has 0 saturated heterocycles. The Labute approximate surface area is 141 Å². The summed E-state index contributed by atoms with van der Waals surface area (Å²) in [6.45, 7) is 5.94. The maximum Gasteiger partial charge on any atom is 0.226 e. The molecule has 1 aromatic carbocycles. The lowest BCUT2D eigenvalue weighted by Crippen LogP contribution is -2.26. The van der Waals surface area contributed by atoms with E-state index in [4.69, 9.17) is 9.78 Å². The molecule has 0 radical (unpaired) electrons. The molecule has 1 amide bonds. The van der Waals surface area contributed by atoms with Crippen molar-refractivity contribution in [2.24, 2.45) is 0 Å². The number of hydrogen-bond donors (Lipinski definition) is 1. The lowest BCUT2D eigenvalue weighted by atomic mass is 10.1. The van der Waals surface area contributed by atoms with Crippen LogP contribution < -0.4 is 5.32 Å². The molecule has 2 rings (SSSR count). The zero-order valence-corrected chi connectivity index (χ0v) is 14.2. The molecule has 2 aromatic rings. The quantitative estimate of drug-likeness (QED) is 0.843. The molecular weight excluding hydrogens is 304 g/mol. The first-order valence-electron chi connectivity index (χ1n) is 8.11. The number of rotatable bonds is 7. The highest BCUT2D eigenvalue weighted by atomic mass is 16.5. The van der Waals surface area contributed by atoms with E-state index < -0.39 is 0 Å². The topological polar surface area (TPSA) is 91.8 Å². The van der Waals surface area contributed by atoms with E-state index >= 15 is 0 Å². The van der Waals surface area contributed by atoms with Crippen molar-refractivity contribution in [2.45, 2.75) is 52.0 Å². The number of hydrogen-bond acceptors (Lipinski definition) is 5. The maximum absolute atomic E-state index is 12.0. The molecule has 0 spiro atoms. The van der Waals surface area contributed by atoms with Gasteiger partial charge in [0, 0.05) is 18.8 Å². The van der Waals surface area contributed by atoms with Crippen LogP contribution in [0.5, 0.6) is 0 Å². The van der Waals surface area contributed by atoms with Gasteiger partial charge in [0.15, 0.2) is 5.82 Å². The lowest BCUT2D eigenvalue weighted by Gasteiger charge is -2.14. The Balaban J connectivity index is 1.76. The predicted molar refractivity (Wildman–Crippen MR) is 89.0 cm³/mol. The van der Waals surface area contributed by atoms with Crippen LogP contribution in [0.4, 0.5) is 0 Å². The molecule has 0 aliphatic carbocycles. The van der Waals surface area contributed by atoms with Crippen LogP contribution >= 0.6 is 0 Å². The second-order valence-electron chi connectivity index (χ2n) is 6.08. The van der Waals surface area contributed by atoms with Crippen molar-refractivity contribution in [1.82, 2.24) is 15.5 Å². The molecule has 0 bridgehead atoms. The monoisotopic (exact) mass is 326 g/mol. The van der Waals surface area contributed by atoms with Crippen LogP contribution in [0.1, 0.15) is 68.4 Å². The summed E-state index contributed by atoms with van der Waals surface area (Å²) in [6, 6.07) is 9.20. The molecule has 0 aliphatic rings. The molecule has 126 valence electrons. The first-order valence-corrected chi connectivity index (χ1v) is 8.11. The van der Waals surface area contributed by atoms with Crippen molar-refractivity contribution in [2.75, 3.05) is 0 Å². The van der Waals surface area contributed by atoms with Gasteiger partial charge in [0.2, 0.25) is 11.8 Å². The average molecular weight is 326 g/mol. The van der Waals surface area contributed by atoms with Gasteiger partial charge in [-0.25, -0.2) is 0 Å². The third kappa shape index (κ3) is 4.92. The molecule has 1 unspecified atom stereocenters. The summed E-state index contributed by atoms with van der Waals surface area (Å²) in [5.41, 5.74) is 1.58. The second kappa shape index (κ2) is 8.25. The highest BCUT2D eigenvalue weighted by molar-refractivity contribution is 5.76. The number of nitrogens with zero attached hydrogens (tertiary/aromatic N) is 3. The summed E-state index contributed by atoms with van der Waals surface area (Å²) >= 11 is 0. The standard InChI is InChI=1S/C18H22N4O2/c1-12(2)18-21-17(24-22-18)6-4-5-16(23)20-13(3)15-9-7-14(11-19)8-10-15/h7-10,12-13H,4-6H2,1-3H3,(H,20,23). The van der Waals surface area contributed by atoms with Crippen molar-refractivity contribution in [3.05, 3.63) is 47.1 Å². The molecule has 0 fully saturated rings. The van der Waals surface area contributed by atoms with Crippen LogP contribution in [0, 0.1) is 11.3 Å². The number of nitrogens with one attached hydrogen (secondary N) is 1. The predicted octanol–water partition coefficient (Wildman–Crippen LogP) is 3.26. The largest absolute Gasteiger partial charge is 0.350 e. The van der Waals surface area contributed by atoms with Gasteiger partial charge in [-0.3, -0.25) is 4.79 Å². The third-order valence-corrected chi connectivity index (χ3v) is 3.71. The molecule has 24 heavy (non-hydrogen) atoms. The number of carbonyl (C=O) groups excluding carboxylic acids is 1. The van der Waals surface area contributed by atoms with Gasteiger partial charge in [-0.2, -0.15) is 10.2 Å². The number of amides is 1. The van der Waals surface area contributed by atoms with E-state index in [0.717, 1.165) is 5.56 Å². The van der Waals surface area contributed by atoms with Gasteiger partial charge >= 0.3 is 0 Å². The number of benzene rings is 1. The molecule has 0 saturated carbocycles. The second-order valence-corrected chi connectivity index (χ2v) is 6.08. The summed E-state index contributed by atoms with van der Waals surface area (Å²) in [5.74, 6) is 1.49. The van der Waals surface area contributed by atoms with E-state index in [1.807, 2.05) is 32.9 Å². The fraction of sp³-hybridized carbons (Fsp3) is 0.444. The zero-order valence-electron chi connectivity index (χ0n) is 14.2. The maximum atomic E-state index is 12.0. The molecular formula is C18H22N4O2. The molecule has 1 atom stereocenters.